The van der Waals surface area contributed by atoms with Gasteiger partial charge in [0.15, 0.2) is 0 Å². The predicted molar refractivity (Wildman–Crippen MR) is 96.1 cm³/mol. The molecule has 1 saturated carbocycles. The molecule has 2 aromatic carbocycles. The van der Waals surface area contributed by atoms with Crippen LogP contribution in [-0.4, -0.2) is 12.1 Å². The lowest BCUT2D eigenvalue weighted by Crippen LogP contribution is -2.30. The Morgan fingerprint density at radius 2 is 1.45 bits per heavy atom. The van der Waals surface area contributed by atoms with E-state index in [0.717, 1.165) is 5.56 Å². The molecule has 0 aromatic heterocycles. The minimum atomic E-state index is -4.89. The number of benzene rings is 2. The van der Waals surface area contributed by atoms with Crippen LogP contribution in [0.15, 0.2) is 48.5 Å². The van der Waals surface area contributed by atoms with E-state index in [2.05, 4.69) is 0 Å². The van der Waals surface area contributed by atoms with E-state index in [4.69, 9.17) is 10.5 Å². The van der Waals surface area contributed by atoms with Crippen molar-refractivity contribution in [3.8, 4) is 0 Å². The molecule has 0 amide bonds. The molecule has 0 radical (unpaired) electrons. The van der Waals surface area contributed by atoms with Gasteiger partial charge in [-0.1, -0.05) is 30.3 Å². The van der Waals surface area contributed by atoms with Crippen LogP contribution in [0.3, 0.4) is 0 Å². The molecular formula is C21H21F6NO. The van der Waals surface area contributed by atoms with E-state index in [9.17, 15) is 26.3 Å². The van der Waals surface area contributed by atoms with E-state index in [-0.39, 0.29) is 23.6 Å². The van der Waals surface area contributed by atoms with Crippen LogP contribution in [0.5, 0.6) is 0 Å². The summed E-state index contributed by atoms with van der Waals surface area (Å²) in [5, 5.41) is 0. The summed E-state index contributed by atoms with van der Waals surface area (Å²) in [5.74, 6) is -0.175. The molecule has 158 valence electrons. The molecule has 1 fully saturated rings. The van der Waals surface area contributed by atoms with Crippen molar-refractivity contribution in [1.82, 2.24) is 0 Å². The Morgan fingerprint density at radius 1 is 0.897 bits per heavy atom. The van der Waals surface area contributed by atoms with Crippen molar-refractivity contribution in [1.29, 1.82) is 0 Å². The van der Waals surface area contributed by atoms with E-state index < -0.39 is 35.7 Å². The maximum absolute atomic E-state index is 13.1. The van der Waals surface area contributed by atoms with Crippen LogP contribution in [0.25, 0.3) is 0 Å². The first-order valence-corrected chi connectivity index (χ1v) is 9.22. The third-order valence-electron chi connectivity index (χ3n) is 5.29. The molecule has 2 aromatic rings. The summed E-state index contributed by atoms with van der Waals surface area (Å²) in [5.41, 5.74) is 4.28. The lowest BCUT2D eigenvalue weighted by molar-refractivity contribution is -0.143. The lowest BCUT2D eigenvalue weighted by atomic mass is 9.92. The molecule has 2 nitrogen and oxygen atoms in total. The van der Waals surface area contributed by atoms with Crippen molar-refractivity contribution >= 4 is 0 Å². The molecule has 0 saturated heterocycles. The Balaban J connectivity index is 1.89. The second-order valence-electron chi connectivity index (χ2n) is 7.33. The Kier molecular flexibility index (Phi) is 5.96. The highest BCUT2D eigenvalue weighted by molar-refractivity contribution is 5.35. The van der Waals surface area contributed by atoms with Gasteiger partial charge in [-0.05, 0) is 49.1 Å². The maximum Gasteiger partial charge on any atom is 0.416 e. The van der Waals surface area contributed by atoms with Crippen molar-refractivity contribution in [3.63, 3.8) is 0 Å². The summed E-state index contributed by atoms with van der Waals surface area (Å²) in [6.45, 7) is 1.46. The first-order valence-electron chi connectivity index (χ1n) is 9.22. The van der Waals surface area contributed by atoms with E-state index in [0.29, 0.717) is 25.0 Å². The molecule has 0 aliphatic heterocycles. The summed E-state index contributed by atoms with van der Waals surface area (Å²) >= 11 is 0. The standard InChI is InChI=1S/C21H21F6NO/c1-12(14-9-15(20(22,23)24)11-16(10-14)21(25,26)27)29-18-8-7-17(28)19(18)13-5-3-2-4-6-13/h2-6,9-12,17-19H,7-8,28H2,1H3/t12-,17-,18+,19+/m1/s1. The maximum atomic E-state index is 13.1. The minimum absolute atomic E-state index is 0.120. The first kappa shape index (κ1) is 21.6. The minimum Gasteiger partial charge on any atom is -0.370 e. The summed E-state index contributed by atoms with van der Waals surface area (Å²) in [6, 6.07) is 10.7. The van der Waals surface area contributed by atoms with Gasteiger partial charge in [-0.2, -0.15) is 26.3 Å². The quantitative estimate of drug-likeness (QED) is 0.613. The topological polar surface area (TPSA) is 35.2 Å². The van der Waals surface area contributed by atoms with Crippen LogP contribution in [0, 0.1) is 0 Å². The predicted octanol–water partition coefficient (Wildman–Crippen LogP) is 6.08. The average Bonchev–Trinajstić information content (AvgIpc) is 3.00. The van der Waals surface area contributed by atoms with Gasteiger partial charge in [0.1, 0.15) is 0 Å². The summed E-state index contributed by atoms with van der Waals surface area (Å²) < 4.78 is 84.6. The average molecular weight is 417 g/mol. The Labute approximate surface area is 164 Å². The number of alkyl halides is 6. The molecule has 1 aliphatic rings. The fourth-order valence-corrected chi connectivity index (χ4v) is 3.84. The van der Waals surface area contributed by atoms with Gasteiger partial charge in [0.25, 0.3) is 0 Å². The summed E-state index contributed by atoms with van der Waals surface area (Å²) in [6.07, 6.45) is -9.90. The van der Waals surface area contributed by atoms with E-state index in [1.54, 1.807) is 0 Å². The van der Waals surface area contributed by atoms with Gasteiger partial charge >= 0.3 is 12.4 Å². The van der Waals surface area contributed by atoms with Gasteiger partial charge in [0, 0.05) is 12.0 Å². The van der Waals surface area contributed by atoms with E-state index in [1.165, 1.54) is 6.92 Å². The fraction of sp³-hybridized carbons (Fsp3) is 0.429. The second-order valence-corrected chi connectivity index (χ2v) is 7.33. The molecule has 4 atom stereocenters. The third kappa shape index (κ3) is 4.93. The zero-order valence-corrected chi connectivity index (χ0v) is 15.6. The Hall–Kier alpha value is -2.06. The monoisotopic (exact) mass is 417 g/mol. The number of rotatable bonds is 4. The molecular weight excluding hydrogens is 396 g/mol. The molecule has 0 unspecified atom stereocenters. The zero-order chi connectivity index (χ0) is 21.4. The van der Waals surface area contributed by atoms with Crippen LogP contribution in [0.2, 0.25) is 0 Å². The second kappa shape index (κ2) is 7.99. The Morgan fingerprint density at radius 3 is 1.97 bits per heavy atom. The molecule has 29 heavy (non-hydrogen) atoms. The van der Waals surface area contributed by atoms with Crippen LogP contribution in [-0.2, 0) is 17.1 Å². The van der Waals surface area contributed by atoms with Crippen LogP contribution in [0.4, 0.5) is 26.3 Å². The molecule has 0 heterocycles. The van der Waals surface area contributed by atoms with Gasteiger partial charge in [-0.3, -0.25) is 0 Å². The smallest absolute Gasteiger partial charge is 0.370 e. The molecule has 0 bridgehead atoms. The highest BCUT2D eigenvalue weighted by Gasteiger charge is 2.39. The van der Waals surface area contributed by atoms with Gasteiger partial charge in [0.05, 0.1) is 23.3 Å². The van der Waals surface area contributed by atoms with Crippen molar-refractivity contribution in [2.45, 2.75) is 56.3 Å². The van der Waals surface area contributed by atoms with Gasteiger partial charge in [-0.15, -0.1) is 0 Å². The lowest BCUT2D eigenvalue weighted by Gasteiger charge is -2.27. The molecule has 1 aliphatic carbocycles. The number of halogens is 6. The van der Waals surface area contributed by atoms with E-state index in [1.807, 2.05) is 30.3 Å². The highest BCUT2D eigenvalue weighted by atomic mass is 19.4. The van der Waals surface area contributed by atoms with Crippen molar-refractivity contribution < 1.29 is 31.1 Å². The van der Waals surface area contributed by atoms with Crippen molar-refractivity contribution in [2.75, 3.05) is 0 Å². The third-order valence-corrected chi connectivity index (χ3v) is 5.29. The normalized spacial score (nSPS) is 23.9. The van der Waals surface area contributed by atoms with Crippen LogP contribution < -0.4 is 5.73 Å². The number of ether oxygens (including phenoxy) is 1. The largest absolute Gasteiger partial charge is 0.416 e. The first-order chi connectivity index (χ1) is 13.5. The van der Waals surface area contributed by atoms with Crippen LogP contribution in [0.1, 0.15) is 54.0 Å². The zero-order valence-electron chi connectivity index (χ0n) is 15.6. The van der Waals surface area contributed by atoms with Gasteiger partial charge < -0.3 is 10.5 Å². The van der Waals surface area contributed by atoms with Gasteiger partial charge in [0.2, 0.25) is 0 Å². The molecule has 3 rings (SSSR count). The summed E-state index contributed by atoms with van der Waals surface area (Å²) in [4.78, 5) is 0. The highest BCUT2D eigenvalue weighted by Crippen LogP contribution is 2.41. The summed E-state index contributed by atoms with van der Waals surface area (Å²) in [7, 11) is 0. The molecule has 8 heteroatoms. The number of hydrogen-bond acceptors (Lipinski definition) is 2. The van der Waals surface area contributed by atoms with Crippen molar-refractivity contribution in [3.05, 3.63) is 70.8 Å². The molecule has 0 spiro atoms. The molecule has 2 N–H and O–H groups in total. The number of nitrogens with two attached hydrogens (primary N) is 1. The Bertz CT molecular complexity index is 801. The van der Waals surface area contributed by atoms with E-state index >= 15 is 0 Å². The fourth-order valence-electron chi connectivity index (χ4n) is 3.84. The van der Waals surface area contributed by atoms with Crippen LogP contribution >= 0.6 is 0 Å². The van der Waals surface area contributed by atoms with Crippen molar-refractivity contribution in [2.24, 2.45) is 5.73 Å². The number of hydrogen-bond donors (Lipinski definition) is 1. The SMILES string of the molecule is C[C@@H](O[C@H]1CC[C@@H](N)[C@@H]1c1ccccc1)c1cc(C(F)(F)F)cc(C(F)(F)F)c1. The van der Waals surface area contributed by atoms with Gasteiger partial charge in [-0.25, -0.2) is 0 Å².